The van der Waals surface area contributed by atoms with Gasteiger partial charge in [-0.2, -0.15) is 11.3 Å². The Balaban J connectivity index is 0.0000000893. The quantitative estimate of drug-likeness (QED) is 0.472. The van der Waals surface area contributed by atoms with E-state index in [0.29, 0.717) is 0 Å². The van der Waals surface area contributed by atoms with Crippen molar-refractivity contribution in [2.24, 2.45) is 0 Å². The van der Waals surface area contributed by atoms with Crippen LogP contribution in [0.3, 0.4) is 0 Å². The van der Waals surface area contributed by atoms with Gasteiger partial charge in [-0.15, -0.1) is 0 Å². The second kappa shape index (κ2) is 2.89. The lowest BCUT2D eigenvalue weighted by molar-refractivity contribution is 1.55. The minimum absolute atomic E-state index is 1.43. The smallest absolute Gasteiger partial charge is 0.00934 e. The fraction of sp³-hybridized carbons (Fsp3) is 0. The van der Waals surface area contributed by atoms with E-state index in [9.17, 15) is 0 Å². The highest BCUT2D eigenvalue weighted by Gasteiger charge is 2.03. The van der Waals surface area contributed by atoms with Crippen molar-refractivity contribution in [3.63, 3.8) is 0 Å². The second-order valence-corrected chi connectivity index (χ2v) is 3.19. The fourth-order valence-electron chi connectivity index (χ4n) is 0.889. The number of thiophene rings is 1. The molecule has 1 aromatic heterocycles. The topological polar surface area (TPSA) is 0 Å². The van der Waals surface area contributed by atoms with Crippen molar-refractivity contribution >= 4 is 11.3 Å². The highest BCUT2D eigenvalue weighted by atomic mass is 32.1. The van der Waals surface area contributed by atoms with E-state index in [4.69, 9.17) is 0 Å². The van der Waals surface area contributed by atoms with Gasteiger partial charge in [-0.1, -0.05) is 36.4 Å². The standard InChI is InChI=1S/C6H4.C4H4S/c1-2-6-4-3-5(1)6;1-2-4-5-3-1/h1-4H;1-4H. The van der Waals surface area contributed by atoms with Crippen LogP contribution in [-0.2, 0) is 0 Å². The molecule has 0 radical (unpaired) electrons. The maximum absolute atomic E-state index is 2.12. The molecule has 1 heterocycles. The maximum atomic E-state index is 2.12. The van der Waals surface area contributed by atoms with Crippen molar-refractivity contribution in [1.82, 2.24) is 0 Å². The largest absolute Gasteiger partial charge is 0.152 e. The van der Waals surface area contributed by atoms with Crippen molar-refractivity contribution < 1.29 is 0 Å². The first kappa shape index (κ1) is 6.62. The van der Waals surface area contributed by atoms with Crippen LogP contribution >= 0.6 is 11.3 Å². The first-order valence-electron chi connectivity index (χ1n) is 3.54. The van der Waals surface area contributed by atoms with Crippen LogP contribution in [0, 0.1) is 0 Å². The number of fused-ring (bicyclic) bond motifs is 1. The molecule has 0 unspecified atom stereocenters. The summed E-state index contributed by atoms with van der Waals surface area (Å²) in [7, 11) is 0. The zero-order valence-electron chi connectivity index (χ0n) is 6.03. The molecular formula is C10H8S. The molecule has 0 nitrogen and oxygen atoms in total. The Hall–Kier alpha value is -1.08. The number of hydrogen-bond donors (Lipinski definition) is 0. The van der Waals surface area contributed by atoms with Crippen molar-refractivity contribution in [1.29, 1.82) is 0 Å². The molecule has 2 aliphatic carbocycles. The molecule has 0 saturated carbocycles. The van der Waals surface area contributed by atoms with Crippen LogP contribution in [-0.4, -0.2) is 0 Å². The van der Waals surface area contributed by atoms with Crippen LogP contribution in [0.15, 0.2) is 47.2 Å². The number of rotatable bonds is 0. The minimum Gasteiger partial charge on any atom is -0.152 e. The number of hydrogen-bond acceptors (Lipinski definition) is 1. The molecule has 2 aliphatic rings. The van der Waals surface area contributed by atoms with E-state index in [0.717, 1.165) is 0 Å². The Labute approximate surface area is 70.1 Å². The van der Waals surface area contributed by atoms with Gasteiger partial charge in [0.05, 0.1) is 0 Å². The van der Waals surface area contributed by atoms with Gasteiger partial charge in [0.2, 0.25) is 0 Å². The first-order valence-corrected chi connectivity index (χ1v) is 4.49. The zero-order valence-corrected chi connectivity index (χ0v) is 6.84. The van der Waals surface area contributed by atoms with E-state index in [1.807, 2.05) is 22.9 Å². The average molecular weight is 160 g/mol. The number of benzene rings is 1. The van der Waals surface area contributed by atoms with Crippen molar-refractivity contribution in [3.8, 4) is 11.1 Å². The molecule has 0 aromatic carbocycles. The molecule has 3 rings (SSSR count). The summed E-state index contributed by atoms with van der Waals surface area (Å²) in [5, 5.41) is 4.08. The second-order valence-electron chi connectivity index (χ2n) is 2.37. The SMILES string of the molecule is c1cc2ccc1-2.c1ccsc1. The molecule has 54 valence electrons. The van der Waals surface area contributed by atoms with E-state index in [-0.39, 0.29) is 0 Å². The van der Waals surface area contributed by atoms with Crippen molar-refractivity contribution in [2.45, 2.75) is 0 Å². The molecule has 0 spiro atoms. The summed E-state index contributed by atoms with van der Waals surface area (Å²) in [5.41, 5.74) is 2.85. The van der Waals surface area contributed by atoms with E-state index in [1.54, 1.807) is 11.3 Å². The summed E-state index contributed by atoms with van der Waals surface area (Å²) in [5.74, 6) is 0. The average Bonchev–Trinajstić information content (AvgIpc) is 2.53. The normalized spacial score (nSPS) is 9.82. The Morgan fingerprint density at radius 2 is 1.18 bits per heavy atom. The Morgan fingerprint density at radius 3 is 1.27 bits per heavy atom. The van der Waals surface area contributed by atoms with Crippen LogP contribution < -0.4 is 0 Å². The fourth-order valence-corrected chi connectivity index (χ4v) is 1.34. The van der Waals surface area contributed by atoms with Gasteiger partial charge in [-0.25, -0.2) is 0 Å². The summed E-state index contributed by atoms with van der Waals surface area (Å²) in [6.07, 6.45) is 0. The maximum Gasteiger partial charge on any atom is -0.00934 e. The molecule has 0 fully saturated rings. The predicted molar refractivity (Wildman–Crippen MR) is 49.8 cm³/mol. The van der Waals surface area contributed by atoms with Gasteiger partial charge in [0.1, 0.15) is 0 Å². The summed E-state index contributed by atoms with van der Waals surface area (Å²) in [4.78, 5) is 0. The molecule has 0 aliphatic heterocycles. The minimum atomic E-state index is 1.43. The summed E-state index contributed by atoms with van der Waals surface area (Å²) in [6.45, 7) is 0. The highest BCUT2D eigenvalue weighted by Crippen LogP contribution is 2.29. The molecule has 0 bridgehead atoms. The van der Waals surface area contributed by atoms with Gasteiger partial charge in [0, 0.05) is 0 Å². The molecule has 0 amide bonds. The van der Waals surface area contributed by atoms with Crippen molar-refractivity contribution in [3.05, 3.63) is 47.2 Å². The summed E-state index contributed by atoms with van der Waals surface area (Å²) >= 11 is 1.71. The van der Waals surface area contributed by atoms with Gasteiger partial charge in [-0.3, -0.25) is 0 Å². The van der Waals surface area contributed by atoms with E-state index in [1.165, 1.54) is 11.1 Å². The molecule has 0 atom stereocenters. The van der Waals surface area contributed by atoms with Gasteiger partial charge >= 0.3 is 0 Å². The lowest BCUT2D eigenvalue weighted by Gasteiger charge is -2.10. The molecule has 11 heavy (non-hydrogen) atoms. The Morgan fingerprint density at radius 1 is 0.727 bits per heavy atom. The lowest BCUT2D eigenvalue weighted by Crippen LogP contribution is -1.85. The van der Waals surface area contributed by atoms with Crippen molar-refractivity contribution in [2.75, 3.05) is 0 Å². The van der Waals surface area contributed by atoms with Gasteiger partial charge in [-0.05, 0) is 21.9 Å². The lowest BCUT2D eigenvalue weighted by atomic mass is 9.95. The van der Waals surface area contributed by atoms with E-state index in [2.05, 4.69) is 24.3 Å². The van der Waals surface area contributed by atoms with Crippen LogP contribution in [0.2, 0.25) is 0 Å². The summed E-state index contributed by atoms with van der Waals surface area (Å²) in [6, 6.07) is 12.5. The zero-order chi connectivity index (χ0) is 7.52. The van der Waals surface area contributed by atoms with E-state index < -0.39 is 0 Å². The molecule has 1 heteroatoms. The molecule has 1 aromatic rings. The van der Waals surface area contributed by atoms with Crippen LogP contribution in [0.1, 0.15) is 0 Å². The Bertz CT molecular complexity index is 267. The van der Waals surface area contributed by atoms with Crippen LogP contribution in [0.5, 0.6) is 0 Å². The third-order valence-electron chi connectivity index (χ3n) is 1.64. The summed E-state index contributed by atoms with van der Waals surface area (Å²) < 4.78 is 0. The predicted octanol–water partition coefficient (Wildman–Crippen LogP) is 3.42. The third-order valence-corrected chi connectivity index (χ3v) is 2.27. The van der Waals surface area contributed by atoms with Gasteiger partial charge < -0.3 is 0 Å². The molecule has 0 saturated heterocycles. The third kappa shape index (κ3) is 1.33. The van der Waals surface area contributed by atoms with Gasteiger partial charge in [0.15, 0.2) is 0 Å². The molecular weight excluding hydrogens is 152 g/mol. The van der Waals surface area contributed by atoms with E-state index >= 15 is 0 Å². The van der Waals surface area contributed by atoms with Gasteiger partial charge in [0.25, 0.3) is 0 Å². The highest BCUT2D eigenvalue weighted by molar-refractivity contribution is 7.07. The van der Waals surface area contributed by atoms with Crippen LogP contribution in [0.4, 0.5) is 0 Å². The molecule has 0 N–H and O–H groups in total. The van der Waals surface area contributed by atoms with Crippen LogP contribution in [0.25, 0.3) is 11.1 Å². The Kier molecular flexibility index (Phi) is 1.74. The monoisotopic (exact) mass is 160 g/mol. The first-order chi connectivity index (χ1) is 5.47.